The topological polar surface area (TPSA) is 125 Å². The first kappa shape index (κ1) is 26.3. The highest BCUT2D eigenvalue weighted by molar-refractivity contribution is 5.79. The first-order valence-electron chi connectivity index (χ1n) is 13.0. The maximum absolute atomic E-state index is 12.8. The van der Waals surface area contributed by atoms with Crippen LogP contribution >= 0.6 is 0 Å². The molecule has 0 amide bonds. The normalized spacial score (nSPS) is 16.5. The Kier molecular flexibility index (Phi) is 8.53. The minimum Gasteiger partial charge on any atom is -0.490 e. The molecule has 2 aliphatic rings. The molecule has 0 spiro atoms. The van der Waals surface area contributed by atoms with Crippen LogP contribution in [0.4, 0.5) is 0 Å². The van der Waals surface area contributed by atoms with Gasteiger partial charge in [0.1, 0.15) is 17.6 Å². The van der Waals surface area contributed by atoms with Crippen LogP contribution < -0.4 is 15.2 Å². The van der Waals surface area contributed by atoms with Crippen molar-refractivity contribution in [3.63, 3.8) is 0 Å². The molecule has 2 aliphatic heterocycles. The van der Waals surface area contributed by atoms with Crippen molar-refractivity contribution in [1.29, 1.82) is 10.8 Å². The van der Waals surface area contributed by atoms with Gasteiger partial charge in [0.2, 0.25) is 6.10 Å². The number of benzene rings is 2. The Morgan fingerprint density at radius 2 is 1.70 bits per heavy atom. The lowest BCUT2D eigenvalue weighted by atomic mass is 9.99. The van der Waals surface area contributed by atoms with E-state index in [-0.39, 0.29) is 18.7 Å². The van der Waals surface area contributed by atoms with E-state index in [0.717, 1.165) is 50.1 Å². The van der Waals surface area contributed by atoms with Crippen molar-refractivity contribution in [1.82, 2.24) is 9.80 Å². The number of nitrogens with two attached hydrogens (primary N) is 1. The zero-order chi connectivity index (χ0) is 26.4. The first-order chi connectivity index (χ1) is 17.9. The van der Waals surface area contributed by atoms with Gasteiger partial charge in [-0.3, -0.25) is 10.8 Å². The van der Waals surface area contributed by atoms with Crippen LogP contribution in [0.3, 0.4) is 0 Å². The summed E-state index contributed by atoms with van der Waals surface area (Å²) in [5.41, 5.74) is 8.59. The summed E-state index contributed by atoms with van der Waals surface area (Å²) in [4.78, 5) is 16.8. The van der Waals surface area contributed by atoms with Crippen LogP contribution in [0.1, 0.15) is 55.9 Å². The SMILES string of the molecule is CCOC(=O)C(Oc1ccc2c(c1)CN(C(=N)N)CC2)c1ccc(OC2CCN(C(=N)CC)CC2)cc1. The number of nitrogens with zero attached hydrogens (tertiary/aromatic N) is 2. The number of esters is 1. The largest absolute Gasteiger partial charge is 0.490 e. The van der Waals surface area contributed by atoms with Crippen molar-refractivity contribution in [3.8, 4) is 11.5 Å². The fraction of sp³-hybridized carbons (Fsp3) is 0.464. The van der Waals surface area contributed by atoms with E-state index in [1.165, 1.54) is 5.56 Å². The number of nitrogens with one attached hydrogen (secondary N) is 2. The van der Waals surface area contributed by atoms with Crippen molar-refractivity contribution in [3.05, 3.63) is 59.2 Å². The van der Waals surface area contributed by atoms with Gasteiger partial charge in [-0.15, -0.1) is 0 Å². The summed E-state index contributed by atoms with van der Waals surface area (Å²) >= 11 is 0. The summed E-state index contributed by atoms with van der Waals surface area (Å²) in [6.45, 7) is 6.95. The molecule has 9 nitrogen and oxygen atoms in total. The van der Waals surface area contributed by atoms with Crippen LogP contribution in [0.15, 0.2) is 42.5 Å². The Balaban J connectivity index is 1.44. The molecule has 0 bridgehead atoms. The molecule has 0 radical (unpaired) electrons. The Morgan fingerprint density at radius 1 is 1.00 bits per heavy atom. The number of piperidine rings is 1. The second-order valence-corrected chi connectivity index (χ2v) is 9.41. The molecule has 2 aromatic carbocycles. The summed E-state index contributed by atoms with van der Waals surface area (Å²) in [7, 11) is 0. The standard InChI is InChI=1S/C28H37N5O4/c1-3-25(29)32-15-12-23(13-16-32)36-22-8-6-20(7-9-22)26(27(34)35-4-2)37-24-10-5-19-11-14-33(28(30)31)18-21(19)17-24/h5-10,17,23,26,29H,3-4,11-16,18H2,1-2H3,(H3,30,31). The molecule has 0 aliphatic carbocycles. The maximum Gasteiger partial charge on any atom is 0.352 e. The molecule has 0 saturated carbocycles. The molecule has 1 unspecified atom stereocenters. The highest BCUT2D eigenvalue weighted by Crippen LogP contribution is 2.29. The summed E-state index contributed by atoms with van der Waals surface area (Å²) in [6, 6.07) is 13.2. The molecule has 198 valence electrons. The van der Waals surface area contributed by atoms with Gasteiger partial charge in [-0.2, -0.15) is 0 Å². The molecule has 1 atom stereocenters. The predicted molar refractivity (Wildman–Crippen MR) is 142 cm³/mol. The molecule has 1 fully saturated rings. The van der Waals surface area contributed by atoms with Crippen molar-refractivity contribution >= 4 is 17.8 Å². The van der Waals surface area contributed by atoms with E-state index in [1.54, 1.807) is 6.92 Å². The van der Waals surface area contributed by atoms with Gasteiger partial charge in [-0.1, -0.05) is 25.1 Å². The predicted octanol–water partition coefficient (Wildman–Crippen LogP) is 3.85. The minimum absolute atomic E-state index is 0.0506. The third kappa shape index (κ3) is 6.53. The molecular formula is C28H37N5O4. The number of fused-ring (bicyclic) bond motifs is 1. The fourth-order valence-corrected chi connectivity index (χ4v) is 4.80. The van der Waals surface area contributed by atoms with Crippen LogP contribution in [0.25, 0.3) is 0 Å². The van der Waals surface area contributed by atoms with Gasteiger partial charge in [0.15, 0.2) is 5.96 Å². The molecule has 1 saturated heterocycles. The molecule has 0 aromatic heterocycles. The second-order valence-electron chi connectivity index (χ2n) is 9.41. The lowest BCUT2D eigenvalue weighted by Crippen LogP contribution is -2.41. The Labute approximate surface area is 218 Å². The molecular weight excluding hydrogens is 470 g/mol. The zero-order valence-corrected chi connectivity index (χ0v) is 21.7. The zero-order valence-electron chi connectivity index (χ0n) is 21.7. The van der Waals surface area contributed by atoms with Crippen molar-refractivity contribution < 1.29 is 19.0 Å². The van der Waals surface area contributed by atoms with Gasteiger partial charge in [-0.25, -0.2) is 4.79 Å². The van der Waals surface area contributed by atoms with Crippen molar-refractivity contribution in [2.45, 2.75) is 58.3 Å². The van der Waals surface area contributed by atoms with Gasteiger partial charge in [0.25, 0.3) is 0 Å². The van der Waals surface area contributed by atoms with Gasteiger partial charge >= 0.3 is 5.97 Å². The van der Waals surface area contributed by atoms with E-state index >= 15 is 0 Å². The van der Waals surface area contributed by atoms with E-state index in [4.69, 9.17) is 30.8 Å². The molecule has 9 heteroatoms. The van der Waals surface area contributed by atoms with Crippen molar-refractivity contribution in [2.24, 2.45) is 5.73 Å². The maximum atomic E-state index is 12.8. The highest BCUT2D eigenvalue weighted by atomic mass is 16.6. The second kappa shape index (κ2) is 12.0. The molecule has 4 rings (SSSR count). The summed E-state index contributed by atoms with van der Waals surface area (Å²) in [6.07, 6.45) is 2.49. The third-order valence-corrected chi connectivity index (χ3v) is 6.93. The number of amidine groups is 1. The quantitative estimate of drug-likeness (QED) is 0.282. The third-order valence-electron chi connectivity index (χ3n) is 6.93. The number of ether oxygens (including phenoxy) is 3. The Hall–Kier alpha value is -3.75. The summed E-state index contributed by atoms with van der Waals surface area (Å²) < 4.78 is 17.7. The number of hydrogen-bond donors (Lipinski definition) is 3. The number of carbonyl (C=O) groups excluding carboxylic acids is 1. The van der Waals surface area contributed by atoms with Gasteiger partial charge < -0.3 is 29.7 Å². The number of carbonyl (C=O) groups is 1. The molecule has 4 N–H and O–H groups in total. The van der Waals surface area contributed by atoms with E-state index in [1.807, 2.05) is 54.3 Å². The summed E-state index contributed by atoms with van der Waals surface area (Å²) in [5.74, 6) is 1.59. The van der Waals surface area contributed by atoms with E-state index in [0.29, 0.717) is 30.2 Å². The first-order valence-corrected chi connectivity index (χ1v) is 13.0. The highest BCUT2D eigenvalue weighted by Gasteiger charge is 2.26. The van der Waals surface area contributed by atoms with Crippen LogP contribution in [0.2, 0.25) is 0 Å². The summed E-state index contributed by atoms with van der Waals surface area (Å²) in [5, 5.41) is 15.8. The number of guanidine groups is 1. The number of likely N-dealkylation sites (tertiary alicyclic amines) is 1. The lowest BCUT2D eigenvalue weighted by molar-refractivity contribution is -0.151. The van der Waals surface area contributed by atoms with Gasteiger partial charge in [0.05, 0.1) is 12.4 Å². The van der Waals surface area contributed by atoms with Crippen LogP contribution in [-0.4, -0.2) is 59.9 Å². The minimum atomic E-state index is -0.914. The average molecular weight is 508 g/mol. The van der Waals surface area contributed by atoms with E-state index in [2.05, 4.69) is 4.90 Å². The lowest BCUT2D eigenvalue weighted by Gasteiger charge is -2.33. The Bertz CT molecular complexity index is 1110. The molecule has 2 aromatic rings. The van der Waals surface area contributed by atoms with Gasteiger partial charge in [-0.05, 0) is 48.7 Å². The monoisotopic (exact) mass is 507 g/mol. The van der Waals surface area contributed by atoms with Crippen LogP contribution in [-0.2, 0) is 22.5 Å². The fourth-order valence-electron chi connectivity index (χ4n) is 4.80. The average Bonchev–Trinajstić information content (AvgIpc) is 2.92. The number of rotatable bonds is 8. The molecule has 37 heavy (non-hydrogen) atoms. The van der Waals surface area contributed by atoms with Gasteiger partial charge in [0, 0.05) is 51.0 Å². The molecule has 2 heterocycles. The van der Waals surface area contributed by atoms with Crippen molar-refractivity contribution in [2.75, 3.05) is 26.2 Å². The van der Waals surface area contributed by atoms with E-state index in [9.17, 15) is 4.79 Å². The smallest absolute Gasteiger partial charge is 0.352 e. The van der Waals surface area contributed by atoms with E-state index < -0.39 is 12.1 Å². The van der Waals surface area contributed by atoms with Crippen LogP contribution in [0, 0.1) is 10.8 Å². The Morgan fingerprint density at radius 3 is 2.35 bits per heavy atom. The number of hydrogen-bond acceptors (Lipinski definition) is 6. The van der Waals surface area contributed by atoms with Crippen LogP contribution in [0.5, 0.6) is 11.5 Å².